The van der Waals surface area contributed by atoms with Gasteiger partial charge in [0.15, 0.2) is 0 Å². The second-order valence-corrected chi connectivity index (χ2v) is 7.11. The summed E-state index contributed by atoms with van der Waals surface area (Å²) in [5.41, 5.74) is 0.822. The van der Waals surface area contributed by atoms with Crippen molar-refractivity contribution < 1.29 is 8.42 Å². The first-order valence-corrected chi connectivity index (χ1v) is 8.47. The number of pyridine rings is 1. The molecule has 20 heavy (non-hydrogen) atoms. The van der Waals surface area contributed by atoms with Gasteiger partial charge in [-0.15, -0.1) is 0 Å². The standard InChI is InChI=1S/C15H18N2O2S/c18-20(19,17-10-3-1-2-4-11-17)14-7-8-15-13(12-14)6-5-9-16-15/h5-9,12H,1-4,10-11H2. The summed E-state index contributed by atoms with van der Waals surface area (Å²) in [5.74, 6) is 0. The highest BCUT2D eigenvalue weighted by molar-refractivity contribution is 7.89. The first kappa shape index (κ1) is 13.5. The lowest BCUT2D eigenvalue weighted by Gasteiger charge is -2.20. The number of hydrogen-bond donors (Lipinski definition) is 0. The summed E-state index contributed by atoms with van der Waals surface area (Å²) in [5, 5.41) is 0.864. The Morgan fingerprint density at radius 3 is 2.50 bits per heavy atom. The summed E-state index contributed by atoms with van der Waals surface area (Å²) >= 11 is 0. The van der Waals surface area contributed by atoms with E-state index in [4.69, 9.17) is 0 Å². The Labute approximate surface area is 119 Å². The molecule has 0 bridgehead atoms. The van der Waals surface area contributed by atoms with E-state index in [1.165, 1.54) is 0 Å². The number of aromatic nitrogens is 1. The maximum absolute atomic E-state index is 12.7. The highest BCUT2D eigenvalue weighted by atomic mass is 32.2. The number of sulfonamides is 1. The molecule has 5 heteroatoms. The molecule has 4 nitrogen and oxygen atoms in total. The van der Waals surface area contributed by atoms with Gasteiger partial charge in [0.05, 0.1) is 10.4 Å². The zero-order chi connectivity index (χ0) is 14.0. The molecule has 0 atom stereocenters. The van der Waals surface area contributed by atoms with Gasteiger partial charge in [-0.25, -0.2) is 8.42 Å². The maximum atomic E-state index is 12.7. The number of fused-ring (bicyclic) bond motifs is 1. The fraction of sp³-hybridized carbons (Fsp3) is 0.400. The minimum Gasteiger partial charge on any atom is -0.256 e. The van der Waals surface area contributed by atoms with Crippen molar-refractivity contribution in [3.63, 3.8) is 0 Å². The second kappa shape index (κ2) is 5.50. The van der Waals surface area contributed by atoms with Gasteiger partial charge in [0.1, 0.15) is 0 Å². The van der Waals surface area contributed by atoms with Crippen LogP contribution in [0.3, 0.4) is 0 Å². The lowest BCUT2D eigenvalue weighted by Crippen LogP contribution is -2.31. The zero-order valence-electron chi connectivity index (χ0n) is 11.3. The van der Waals surface area contributed by atoms with E-state index < -0.39 is 10.0 Å². The van der Waals surface area contributed by atoms with Crippen molar-refractivity contribution in [2.24, 2.45) is 0 Å². The van der Waals surface area contributed by atoms with Crippen molar-refractivity contribution in [3.8, 4) is 0 Å². The Morgan fingerprint density at radius 2 is 1.75 bits per heavy atom. The molecule has 1 aliphatic heterocycles. The smallest absolute Gasteiger partial charge is 0.243 e. The number of nitrogens with zero attached hydrogens (tertiary/aromatic N) is 2. The molecule has 1 fully saturated rings. The van der Waals surface area contributed by atoms with E-state index in [9.17, 15) is 8.42 Å². The quantitative estimate of drug-likeness (QED) is 0.854. The molecular weight excluding hydrogens is 272 g/mol. The molecule has 0 spiro atoms. The molecule has 106 valence electrons. The van der Waals surface area contributed by atoms with Gasteiger partial charge >= 0.3 is 0 Å². The lowest BCUT2D eigenvalue weighted by atomic mass is 10.2. The molecule has 2 aromatic rings. The molecule has 0 N–H and O–H groups in total. The minimum atomic E-state index is -3.37. The predicted octanol–water partition coefficient (Wildman–Crippen LogP) is 2.80. The van der Waals surface area contributed by atoms with Gasteiger partial charge in [-0.3, -0.25) is 4.98 Å². The van der Waals surface area contributed by atoms with Crippen LogP contribution in [-0.2, 0) is 10.0 Å². The van der Waals surface area contributed by atoms with Crippen LogP contribution in [0.25, 0.3) is 10.9 Å². The Balaban J connectivity index is 1.99. The summed E-state index contributed by atoms with van der Waals surface area (Å²) < 4.78 is 27.0. The molecule has 1 aliphatic rings. The average molecular weight is 290 g/mol. The molecule has 1 aromatic heterocycles. The zero-order valence-corrected chi connectivity index (χ0v) is 12.1. The van der Waals surface area contributed by atoms with Crippen LogP contribution in [0.2, 0.25) is 0 Å². The van der Waals surface area contributed by atoms with Crippen molar-refractivity contribution in [2.45, 2.75) is 30.6 Å². The van der Waals surface area contributed by atoms with Gasteiger partial charge in [-0.1, -0.05) is 18.9 Å². The van der Waals surface area contributed by atoms with Crippen molar-refractivity contribution in [1.29, 1.82) is 0 Å². The van der Waals surface area contributed by atoms with Crippen LogP contribution in [0, 0.1) is 0 Å². The van der Waals surface area contributed by atoms with Gasteiger partial charge in [0, 0.05) is 24.7 Å². The van der Waals surface area contributed by atoms with Crippen LogP contribution in [0.15, 0.2) is 41.4 Å². The molecular formula is C15H18N2O2S. The molecule has 0 saturated carbocycles. The average Bonchev–Trinajstić information content (AvgIpc) is 2.76. The van der Waals surface area contributed by atoms with E-state index in [2.05, 4.69) is 4.98 Å². The van der Waals surface area contributed by atoms with Crippen molar-refractivity contribution in [1.82, 2.24) is 9.29 Å². The third-order valence-electron chi connectivity index (χ3n) is 3.78. The normalized spacial score (nSPS) is 18.0. The van der Waals surface area contributed by atoms with E-state index in [0.29, 0.717) is 18.0 Å². The van der Waals surface area contributed by atoms with Gasteiger partial charge < -0.3 is 0 Å². The monoisotopic (exact) mass is 290 g/mol. The molecule has 1 aromatic carbocycles. The molecule has 1 saturated heterocycles. The summed E-state index contributed by atoms with van der Waals surface area (Å²) in [6, 6.07) is 8.88. The van der Waals surface area contributed by atoms with Crippen LogP contribution in [0.5, 0.6) is 0 Å². The van der Waals surface area contributed by atoms with Crippen LogP contribution in [0.4, 0.5) is 0 Å². The number of rotatable bonds is 2. The van der Waals surface area contributed by atoms with E-state index in [0.717, 1.165) is 36.6 Å². The van der Waals surface area contributed by atoms with Gasteiger partial charge in [-0.05, 0) is 37.1 Å². The fourth-order valence-electron chi connectivity index (χ4n) is 2.65. The minimum absolute atomic E-state index is 0.375. The van der Waals surface area contributed by atoms with E-state index in [1.807, 2.05) is 12.1 Å². The molecule has 0 aliphatic carbocycles. The lowest BCUT2D eigenvalue weighted by molar-refractivity contribution is 0.424. The summed E-state index contributed by atoms with van der Waals surface area (Å²) in [7, 11) is -3.37. The van der Waals surface area contributed by atoms with Crippen LogP contribution >= 0.6 is 0 Å². The SMILES string of the molecule is O=S(=O)(c1ccc2ncccc2c1)N1CCCCCC1. The Kier molecular flexibility index (Phi) is 3.72. The summed E-state index contributed by atoms with van der Waals surface area (Å²) in [6.45, 7) is 1.26. The topological polar surface area (TPSA) is 50.3 Å². The summed E-state index contributed by atoms with van der Waals surface area (Å²) in [4.78, 5) is 4.60. The van der Waals surface area contributed by atoms with E-state index in [-0.39, 0.29) is 0 Å². The second-order valence-electron chi connectivity index (χ2n) is 5.18. The maximum Gasteiger partial charge on any atom is 0.243 e. The van der Waals surface area contributed by atoms with Crippen LogP contribution < -0.4 is 0 Å². The molecule has 0 radical (unpaired) electrons. The van der Waals surface area contributed by atoms with E-state index in [1.54, 1.807) is 28.7 Å². The molecule has 3 rings (SSSR count). The molecule has 2 heterocycles. The summed E-state index contributed by atoms with van der Waals surface area (Å²) in [6.07, 6.45) is 5.86. The van der Waals surface area contributed by atoms with Crippen LogP contribution in [-0.4, -0.2) is 30.8 Å². The highest BCUT2D eigenvalue weighted by Crippen LogP contribution is 2.23. The Bertz CT molecular complexity index is 705. The van der Waals surface area contributed by atoms with Crippen molar-refractivity contribution >= 4 is 20.9 Å². The molecule has 0 unspecified atom stereocenters. The largest absolute Gasteiger partial charge is 0.256 e. The third kappa shape index (κ3) is 2.55. The third-order valence-corrected chi connectivity index (χ3v) is 5.67. The fourth-order valence-corrected chi connectivity index (χ4v) is 4.20. The van der Waals surface area contributed by atoms with Crippen LogP contribution in [0.1, 0.15) is 25.7 Å². The first-order valence-electron chi connectivity index (χ1n) is 7.03. The first-order chi connectivity index (χ1) is 9.68. The Morgan fingerprint density at radius 1 is 1.00 bits per heavy atom. The van der Waals surface area contributed by atoms with Gasteiger partial charge in [-0.2, -0.15) is 4.31 Å². The highest BCUT2D eigenvalue weighted by Gasteiger charge is 2.25. The van der Waals surface area contributed by atoms with Crippen molar-refractivity contribution in [3.05, 3.63) is 36.5 Å². The number of benzene rings is 1. The van der Waals surface area contributed by atoms with Crippen molar-refractivity contribution in [2.75, 3.05) is 13.1 Å². The predicted molar refractivity (Wildman–Crippen MR) is 79.0 cm³/mol. The van der Waals surface area contributed by atoms with E-state index >= 15 is 0 Å². The van der Waals surface area contributed by atoms with Gasteiger partial charge in [0.2, 0.25) is 10.0 Å². The molecule has 0 amide bonds. The Hall–Kier alpha value is -1.46. The number of hydrogen-bond acceptors (Lipinski definition) is 3. The van der Waals surface area contributed by atoms with Gasteiger partial charge in [0.25, 0.3) is 0 Å².